The Morgan fingerprint density at radius 3 is 2.67 bits per heavy atom. The second-order valence-electron chi connectivity index (χ2n) is 7.28. The number of nitrogens with one attached hydrogen (secondary N) is 3. The van der Waals surface area contributed by atoms with Gasteiger partial charge in [0.25, 0.3) is 11.5 Å². The molecular formula is C20H23N7O3. The standard InChI is InChI=1S/C20H23N7O3/c1-4-27-8-7-14-16(20(27)30)13(10-26(14)3)22-12-9-15(23-18(28)11-5-6-11)24-25-17(12)19(29)21-2/h7-11H,4-6H2,1-3H3,(H,21,29)(H2,22,23,24,28). The average Bonchev–Trinajstić information content (AvgIpc) is 3.53. The molecule has 0 saturated heterocycles. The van der Waals surface area contributed by atoms with E-state index < -0.39 is 5.91 Å². The number of nitrogens with zero attached hydrogens (tertiary/aromatic N) is 4. The summed E-state index contributed by atoms with van der Waals surface area (Å²) >= 11 is 0. The molecule has 30 heavy (non-hydrogen) atoms. The summed E-state index contributed by atoms with van der Waals surface area (Å²) in [6, 6.07) is 3.43. The van der Waals surface area contributed by atoms with Gasteiger partial charge >= 0.3 is 0 Å². The number of anilines is 3. The molecule has 3 heterocycles. The molecule has 3 aromatic heterocycles. The van der Waals surface area contributed by atoms with Gasteiger partial charge in [-0.3, -0.25) is 14.4 Å². The molecule has 1 fully saturated rings. The van der Waals surface area contributed by atoms with E-state index in [2.05, 4.69) is 26.1 Å². The van der Waals surface area contributed by atoms with E-state index in [4.69, 9.17) is 0 Å². The summed E-state index contributed by atoms with van der Waals surface area (Å²) in [5, 5.41) is 16.9. The highest BCUT2D eigenvalue weighted by Gasteiger charge is 2.30. The van der Waals surface area contributed by atoms with Crippen molar-refractivity contribution >= 4 is 39.9 Å². The van der Waals surface area contributed by atoms with Gasteiger partial charge in [0.15, 0.2) is 11.5 Å². The first-order valence-electron chi connectivity index (χ1n) is 9.79. The molecule has 3 aromatic rings. The van der Waals surface area contributed by atoms with Gasteiger partial charge in [-0.1, -0.05) is 0 Å². The number of aromatic nitrogens is 4. The first-order valence-corrected chi connectivity index (χ1v) is 9.79. The predicted octanol–water partition coefficient (Wildman–Crippen LogP) is 1.60. The van der Waals surface area contributed by atoms with Crippen LogP contribution < -0.4 is 21.5 Å². The molecule has 10 nitrogen and oxygen atoms in total. The second-order valence-corrected chi connectivity index (χ2v) is 7.28. The van der Waals surface area contributed by atoms with Crippen molar-refractivity contribution < 1.29 is 9.59 Å². The normalized spacial score (nSPS) is 13.3. The fourth-order valence-electron chi connectivity index (χ4n) is 3.34. The van der Waals surface area contributed by atoms with Crippen molar-refractivity contribution in [3.05, 3.63) is 40.6 Å². The molecule has 1 aliphatic rings. The zero-order valence-corrected chi connectivity index (χ0v) is 17.0. The van der Waals surface area contributed by atoms with Crippen molar-refractivity contribution in [2.24, 2.45) is 13.0 Å². The molecule has 0 radical (unpaired) electrons. The summed E-state index contributed by atoms with van der Waals surface area (Å²) in [6.45, 7) is 2.44. The summed E-state index contributed by atoms with van der Waals surface area (Å²) in [6.07, 6.45) is 5.26. The van der Waals surface area contributed by atoms with Crippen molar-refractivity contribution in [3.8, 4) is 0 Å². The van der Waals surface area contributed by atoms with Gasteiger partial charge in [-0.25, -0.2) is 0 Å². The highest BCUT2D eigenvalue weighted by Crippen LogP contribution is 2.31. The first kappa shape index (κ1) is 19.6. The van der Waals surface area contributed by atoms with Crippen LogP contribution in [-0.4, -0.2) is 38.2 Å². The van der Waals surface area contributed by atoms with Crippen LogP contribution >= 0.6 is 0 Å². The van der Waals surface area contributed by atoms with Crippen LogP contribution in [0.15, 0.2) is 29.3 Å². The topological polar surface area (TPSA) is 123 Å². The molecule has 0 bridgehead atoms. The molecule has 156 valence electrons. The summed E-state index contributed by atoms with van der Waals surface area (Å²) in [4.78, 5) is 37.3. The third-order valence-corrected chi connectivity index (χ3v) is 5.16. The minimum absolute atomic E-state index is 0.00686. The lowest BCUT2D eigenvalue weighted by atomic mass is 10.2. The fraction of sp³-hybridized carbons (Fsp3) is 0.350. The number of carbonyl (C=O) groups is 2. The van der Waals surface area contributed by atoms with Gasteiger partial charge in [0.2, 0.25) is 5.91 Å². The third kappa shape index (κ3) is 3.51. The molecule has 0 atom stereocenters. The molecule has 0 aromatic carbocycles. The van der Waals surface area contributed by atoms with Crippen LogP contribution in [-0.2, 0) is 18.4 Å². The lowest BCUT2D eigenvalue weighted by molar-refractivity contribution is -0.117. The summed E-state index contributed by atoms with van der Waals surface area (Å²) in [5.74, 6) is -0.295. The Kier molecular flexibility index (Phi) is 4.98. The maximum atomic E-state index is 12.9. The molecule has 10 heteroatoms. The van der Waals surface area contributed by atoms with E-state index in [1.165, 1.54) is 7.05 Å². The first-order chi connectivity index (χ1) is 14.4. The number of carbonyl (C=O) groups excluding carboxylic acids is 2. The summed E-state index contributed by atoms with van der Waals surface area (Å²) < 4.78 is 3.45. The maximum absolute atomic E-state index is 12.9. The number of hydrogen-bond donors (Lipinski definition) is 3. The Balaban J connectivity index is 1.78. The Bertz CT molecular complexity index is 1210. The van der Waals surface area contributed by atoms with Crippen molar-refractivity contribution in [3.63, 3.8) is 0 Å². The second kappa shape index (κ2) is 7.62. The van der Waals surface area contributed by atoms with Gasteiger partial charge < -0.3 is 25.1 Å². The lowest BCUT2D eigenvalue weighted by Crippen LogP contribution is -2.23. The zero-order chi connectivity index (χ0) is 21.4. The molecule has 0 unspecified atom stereocenters. The largest absolute Gasteiger partial charge is 0.354 e. The number of amides is 2. The smallest absolute Gasteiger partial charge is 0.273 e. The van der Waals surface area contributed by atoms with Crippen LogP contribution in [0.1, 0.15) is 30.3 Å². The molecule has 0 aliphatic heterocycles. The van der Waals surface area contributed by atoms with Crippen molar-refractivity contribution in [1.29, 1.82) is 0 Å². The molecule has 1 aliphatic carbocycles. The highest BCUT2D eigenvalue weighted by atomic mass is 16.2. The molecule has 2 amide bonds. The fourth-order valence-corrected chi connectivity index (χ4v) is 3.34. The molecule has 0 spiro atoms. The van der Waals surface area contributed by atoms with Crippen LogP contribution in [0.5, 0.6) is 0 Å². The van der Waals surface area contributed by atoms with Gasteiger partial charge in [-0.05, 0) is 25.8 Å². The SMILES string of the molecule is CCn1ccc2c(c(Nc3cc(NC(=O)C4CC4)nnc3C(=O)NC)cn2C)c1=O. The molecule has 3 N–H and O–H groups in total. The number of pyridine rings is 1. The van der Waals surface area contributed by atoms with Crippen molar-refractivity contribution in [2.75, 3.05) is 17.7 Å². The minimum Gasteiger partial charge on any atom is -0.354 e. The van der Waals surface area contributed by atoms with Crippen molar-refractivity contribution in [2.45, 2.75) is 26.3 Å². The average molecular weight is 409 g/mol. The van der Waals surface area contributed by atoms with Crippen LogP contribution in [0.4, 0.5) is 17.2 Å². The Labute approximate surface area is 172 Å². The van der Waals surface area contributed by atoms with Crippen LogP contribution in [0.25, 0.3) is 10.9 Å². The monoisotopic (exact) mass is 409 g/mol. The minimum atomic E-state index is -0.434. The van der Waals surface area contributed by atoms with Gasteiger partial charge in [-0.2, -0.15) is 0 Å². The predicted molar refractivity (Wildman–Crippen MR) is 113 cm³/mol. The number of aryl methyl sites for hydroxylation is 2. The van der Waals surface area contributed by atoms with Crippen LogP contribution in [0.2, 0.25) is 0 Å². The summed E-state index contributed by atoms with van der Waals surface area (Å²) in [5.41, 5.74) is 1.57. The van der Waals surface area contributed by atoms with Crippen LogP contribution in [0.3, 0.4) is 0 Å². The van der Waals surface area contributed by atoms with Crippen molar-refractivity contribution in [1.82, 2.24) is 24.6 Å². The van der Waals surface area contributed by atoms with E-state index in [-0.39, 0.29) is 28.9 Å². The zero-order valence-electron chi connectivity index (χ0n) is 17.0. The van der Waals surface area contributed by atoms with E-state index in [1.54, 1.807) is 23.0 Å². The molecule has 1 saturated carbocycles. The van der Waals surface area contributed by atoms with E-state index in [0.29, 0.717) is 23.3 Å². The van der Waals surface area contributed by atoms with Gasteiger partial charge in [0.1, 0.15) is 0 Å². The summed E-state index contributed by atoms with van der Waals surface area (Å²) in [7, 11) is 3.34. The van der Waals surface area contributed by atoms with E-state index in [1.807, 2.05) is 24.6 Å². The number of hydrogen-bond acceptors (Lipinski definition) is 6. The van der Waals surface area contributed by atoms with E-state index >= 15 is 0 Å². The maximum Gasteiger partial charge on any atom is 0.273 e. The number of rotatable bonds is 6. The lowest BCUT2D eigenvalue weighted by Gasteiger charge is -2.11. The van der Waals surface area contributed by atoms with Gasteiger partial charge in [0, 0.05) is 45.0 Å². The Hall–Kier alpha value is -3.69. The third-order valence-electron chi connectivity index (χ3n) is 5.16. The quantitative estimate of drug-likeness (QED) is 0.568. The number of fused-ring (bicyclic) bond motifs is 1. The van der Waals surface area contributed by atoms with E-state index in [0.717, 1.165) is 18.4 Å². The Morgan fingerprint density at radius 1 is 1.23 bits per heavy atom. The molecular weight excluding hydrogens is 386 g/mol. The van der Waals surface area contributed by atoms with Crippen LogP contribution in [0, 0.1) is 5.92 Å². The highest BCUT2D eigenvalue weighted by molar-refractivity contribution is 6.01. The Morgan fingerprint density at radius 2 is 2.00 bits per heavy atom. The van der Waals surface area contributed by atoms with E-state index in [9.17, 15) is 14.4 Å². The molecule has 4 rings (SSSR count). The van der Waals surface area contributed by atoms with Gasteiger partial charge in [0.05, 0.1) is 22.3 Å². The van der Waals surface area contributed by atoms with Gasteiger partial charge in [-0.15, -0.1) is 10.2 Å².